The second kappa shape index (κ2) is 11.0. The summed E-state index contributed by atoms with van der Waals surface area (Å²) < 4.78 is 13.7. The van der Waals surface area contributed by atoms with E-state index < -0.39 is 0 Å². The number of halogens is 2. The number of hydrogen-bond donors (Lipinski definition) is 2. The van der Waals surface area contributed by atoms with Gasteiger partial charge in [0.1, 0.15) is 5.82 Å². The van der Waals surface area contributed by atoms with Gasteiger partial charge in [0.2, 0.25) is 17.7 Å². The van der Waals surface area contributed by atoms with E-state index in [2.05, 4.69) is 26.6 Å². The largest absolute Gasteiger partial charge is 0.346 e. The third kappa shape index (κ3) is 7.15. The van der Waals surface area contributed by atoms with E-state index in [1.807, 2.05) is 23.1 Å². The van der Waals surface area contributed by atoms with E-state index in [1.165, 1.54) is 12.1 Å². The third-order valence-corrected chi connectivity index (χ3v) is 5.65. The van der Waals surface area contributed by atoms with Gasteiger partial charge >= 0.3 is 0 Å². The van der Waals surface area contributed by atoms with Gasteiger partial charge in [0.05, 0.1) is 25.2 Å². The molecule has 1 aliphatic rings. The molecule has 9 heteroatoms. The summed E-state index contributed by atoms with van der Waals surface area (Å²) in [7, 11) is 0. The summed E-state index contributed by atoms with van der Waals surface area (Å²) in [5.74, 6) is -0.891. The number of rotatable bonds is 7. The lowest BCUT2D eigenvalue weighted by Crippen LogP contribution is -2.51. The Labute approximate surface area is 188 Å². The second-order valence-corrected chi connectivity index (χ2v) is 8.12. The maximum Gasteiger partial charge on any atom is 0.243 e. The third-order valence-electron chi connectivity index (χ3n) is 4.95. The molecule has 0 atom stereocenters. The number of anilines is 1. The smallest absolute Gasteiger partial charge is 0.243 e. The van der Waals surface area contributed by atoms with Gasteiger partial charge in [-0.2, -0.15) is 0 Å². The Morgan fingerprint density at radius 1 is 0.935 bits per heavy atom. The van der Waals surface area contributed by atoms with Crippen molar-refractivity contribution in [1.29, 1.82) is 0 Å². The summed E-state index contributed by atoms with van der Waals surface area (Å²) in [6, 6.07) is 13.1. The number of nitrogens with one attached hydrogen (secondary N) is 2. The molecule has 2 aromatic rings. The molecule has 0 unspecified atom stereocenters. The number of carbonyl (C=O) groups is 3. The Bertz CT molecular complexity index is 931. The molecule has 0 bridgehead atoms. The molecule has 0 aromatic heterocycles. The van der Waals surface area contributed by atoms with Crippen LogP contribution in [0.3, 0.4) is 0 Å². The number of piperazine rings is 1. The first-order chi connectivity index (χ1) is 14.9. The van der Waals surface area contributed by atoms with Crippen LogP contribution in [0.5, 0.6) is 0 Å². The van der Waals surface area contributed by atoms with E-state index in [0.717, 1.165) is 10.0 Å². The summed E-state index contributed by atoms with van der Waals surface area (Å²) in [6.45, 7) is 2.25. The number of benzene rings is 2. The molecule has 7 nitrogen and oxygen atoms in total. The minimum atomic E-state index is -0.325. The molecule has 31 heavy (non-hydrogen) atoms. The molecule has 1 aliphatic heterocycles. The summed E-state index contributed by atoms with van der Waals surface area (Å²) >= 11 is 3.35. The highest BCUT2D eigenvalue weighted by Gasteiger charge is 2.22. The molecule has 164 valence electrons. The fourth-order valence-electron chi connectivity index (χ4n) is 3.24. The van der Waals surface area contributed by atoms with Crippen molar-refractivity contribution in [2.24, 2.45) is 0 Å². The molecule has 1 fully saturated rings. The molecule has 0 radical (unpaired) electrons. The highest BCUT2D eigenvalue weighted by Crippen LogP contribution is 2.20. The van der Waals surface area contributed by atoms with Crippen LogP contribution in [0, 0.1) is 5.82 Å². The summed E-state index contributed by atoms with van der Waals surface area (Å²) in [4.78, 5) is 40.3. The van der Waals surface area contributed by atoms with E-state index in [-0.39, 0.29) is 43.0 Å². The van der Waals surface area contributed by atoms with E-state index in [9.17, 15) is 18.8 Å². The normalized spacial score (nSPS) is 14.2. The number of amides is 3. The summed E-state index contributed by atoms with van der Waals surface area (Å²) in [6.07, 6.45) is 0.230. The van der Waals surface area contributed by atoms with Crippen LogP contribution < -0.4 is 10.6 Å². The predicted octanol–water partition coefficient (Wildman–Crippen LogP) is 2.03. The predicted molar refractivity (Wildman–Crippen MR) is 119 cm³/mol. The van der Waals surface area contributed by atoms with Crippen LogP contribution in [-0.4, -0.2) is 66.8 Å². The van der Waals surface area contributed by atoms with Gasteiger partial charge in [0.15, 0.2) is 0 Å². The molecule has 3 rings (SSSR count). The molecule has 0 spiro atoms. The Balaban J connectivity index is 1.35. The Morgan fingerprint density at radius 3 is 2.29 bits per heavy atom. The average Bonchev–Trinajstić information content (AvgIpc) is 2.76. The fourth-order valence-corrected chi connectivity index (χ4v) is 3.62. The van der Waals surface area contributed by atoms with Crippen LogP contribution in [0.15, 0.2) is 53.0 Å². The molecule has 0 aliphatic carbocycles. The zero-order chi connectivity index (χ0) is 22.2. The molecule has 2 N–H and O–H groups in total. The Hall–Kier alpha value is -2.78. The molecule has 1 heterocycles. The van der Waals surface area contributed by atoms with E-state index >= 15 is 0 Å². The van der Waals surface area contributed by atoms with E-state index in [0.29, 0.717) is 31.9 Å². The van der Waals surface area contributed by atoms with Crippen LogP contribution in [0.25, 0.3) is 0 Å². The second-order valence-electron chi connectivity index (χ2n) is 7.26. The highest BCUT2D eigenvalue weighted by molar-refractivity contribution is 9.10. The van der Waals surface area contributed by atoms with Gasteiger partial charge in [-0.05, 0) is 45.8 Å². The van der Waals surface area contributed by atoms with Crippen molar-refractivity contribution in [3.63, 3.8) is 0 Å². The molecule has 1 saturated heterocycles. The quantitative estimate of drug-likeness (QED) is 0.622. The summed E-state index contributed by atoms with van der Waals surface area (Å²) in [5, 5.41) is 5.35. The molecule has 3 amide bonds. The maximum absolute atomic E-state index is 13.0. The lowest BCUT2D eigenvalue weighted by atomic mass is 10.1. The first-order valence-corrected chi connectivity index (χ1v) is 10.8. The minimum Gasteiger partial charge on any atom is -0.346 e. The first-order valence-electron chi connectivity index (χ1n) is 9.96. The SMILES string of the molecule is O=C(CN1CCN(C(=O)Cc2ccc(F)cc2)CC1)NCC(=O)Nc1ccccc1Br. The van der Waals surface area contributed by atoms with Crippen LogP contribution in [0.2, 0.25) is 0 Å². The van der Waals surface area contributed by atoms with Gasteiger partial charge in [0.25, 0.3) is 0 Å². The number of nitrogens with zero attached hydrogens (tertiary/aromatic N) is 2. The molecule has 0 saturated carbocycles. The summed E-state index contributed by atoms with van der Waals surface area (Å²) in [5.41, 5.74) is 1.41. The van der Waals surface area contributed by atoms with E-state index in [4.69, 9.17) is 0 Å². The van der Waals surface area contributed by atoms with Crippen LogP contribution in [0.1, 0.15) is 5.56 Å². The van der Waals surface area contributed by atoms with Gasteiger partial charge in [0, 0.05) is 30.7 Å². The lowest BCUT2D eigenvalue weighted by Gasteiger charge is -2.34. The molecular formula is C22H24BrFN4O3. The fraction of sp³-hybridized carbons (Fsp3) is 0.318. The number of carbonyl (C=O) groups excluding carboxylic acids is 3. The van der Waals surface area contributed by atoms with Crippen molar-refractivity contribution in [2.75, 3.05) is 44.6 Å². The Kier molecular flexibility index (Phi) is 8.13. The minimum absolute atomic E-state index is 0.0144. The molecular weight excluding hydrogens is 467 g/mol. The van der Waals surface area contributed by atoms with Crippen molar-refractivity contribution in [3.05, 3.63) is 64.4 Å². The Morgan fingerprint density at radius 2 is 1.61 bits per heavy atom. The van der Waals surface area contributed by atoms with Crippen LogP contribution in [-0.2, 0) is 20.8 Å². The highest BCUT2D eigenvalue weighted by atomic mass is 79.9. The number of para-hydroxylation sites is 1. The van der Waals surface area contributed by atoms with Gasteiger partial charge in [-0.25, -0.2) is 4.39 Å². The van der Waals surface area contributed by atoms with Gasteiger partial charge < -0.3 is 15.5 Å². The van der Waals surface area contributed by atoms with Crippen molar-refractivity contribution in [2.45, 2.75) is 6.42 Å². The number of hydrogen-bond acceptors (Lipinski definition) is 4. The van der Waals surface area contributed by atoms with Gasteiger partial charge in [-0.1, -0.05) is 24.3 Å². The maximum atomic E-state index is 13.0. The van der Waals surface area contributed by atoms with Crippen molar-refractivity contribution >= 4 is 39.3 Å². The standard InChI is InChI=1S/C22H24BrFN4O3/c23-18-3-1-2-4-19(18)26-20(29)14-25-21(30)15-27-9-11-28(12-10-27)22(31)13-16-5-7-17(24)8-6-16/h1-8H,9-15H2,(H,25,30)(H,26,29). The lowest BCUT2D eigenvalue weighted by molar-refractivity contribution is -0.132. The van der Waals surface area contributed by atoms with E-state index in [1.54, 1.807) is 23.1 Å². The van der Waals surface area contributed by atoms with Crippen LogP contribution in [0.4, 0.5) is 10.1 Å². The monoisotopic (exact) mass is 490 g/mol. The van der Waals surface area contributed by atoms with Crippen molar-refractivity contribution in [3.8, 4) is 0 Å². The van der Waals surface area contributed by atoms with Crippen LogP contribution >= 0.6 is 15.9 Å². The van der Waals surface area contributed by atoms with Crippen molar-refractivity contribution < 1.29 is 18.8 Å². The topological polar surface area (TPSA) is 81.8 Å². The molecule has 2 aromatic carbocycles. The van der Waals surface area contributed by atoms with Crippen molar-refractivity contribution in [1.82, 2.24) is 15.1 Å². The first kappa shape index (κ1) is 22.9. The zero-order valence-electron chi connectivity index (χ0n) is 16.9. The zero-order valence-corrected chi connectivity index (χ0v) is 18.5. The van der Waals surface area contributed by atoms with Gasteiger partial charge in [-0.3, -0.25) is 19.3 Å². The van der Waals surface area contributed by atoms with Gasteiger partial charge in [-0.15, -0.1) is 0 Å². The average molecular weight is 491 g/mol.